The first-order valence-electron chi connectivity index (χ1n) is 16.8. The zero-order chi connectivity index (χ0) is 31.8. The van der Waals surface area contributed by atoms with E-state index in [2.05, 4.69) is 122 Å². The first-order chi connectivity index (χ1) is 21.9. The van der Waals surface area contributed by atoms with E-state index in [0.717, 1.165) is 55.0 Å². The number of hydrogen-bond acceptors (Lipinski definition) is 5. The van der Waals surface area contributed by atoms with Crippen LogP contribution >= 0.6 is 11.6 Å². The SMILES string of the molecule is CCN(CC)C(CC1CCC(C(c2ccc(Cl)cc2)N(C)C)CC1)c1nc(Cc2ccccc2)c(N(C)Cc2ccccc2)o1. The van der Waals surface area contributed by atoms with Crippen LogP contribution in [0.5, 0.6) is 0 Å². The Bertz CT molecular complexity index is 1430. The highest BCUT2D eigenvalue weighted by atomic mass is 35.5. The monoisotopic (exact) mass is 626 g/mol. The molecule has 2 atom stereocenters. The van der Waals surface area contributed by atoms with Gasteiger partial charge in [-0.2, -0.15) is 0 Å². The summed E-state index contributed by atoms with van der Waals surface area (Å²) in [7, 11) is 6.55. The summed E-state index contributed by atoms with van der Waals surface area (Å²) in [5.74, 6) is 3.04. The van der Waals surface area contributed by atoms with E-state index in [4.69, 9.17) is 21.0 Å². The molecule has 0 amide bonds. The van der Waals surface area contributed by atoms with E-state index in [1.807, 2.05) is 12.1 Å². The average molecular weight is 627 g/mol. The molecule has 0 N–H and O–H groups in total. The summed E-state index contributed by atoms with van der Waals surface area (Å²) >= 11 is 6.22. The van der Waals surface area contributed by atoms with Crippen LogP contribution in [0, 0.1) is 11.8 Å². The van der Waals surface area contributed by atoms with Crippen molar-refractivity contribution in [2.75, 3.05) is 39.1 Å². The maximum absolute atomic E-state index is 6.82. The Labute approximate surface area is 276 Å². The summed E-state index contributed by atoms with van der Waals surface area (Å²) in [5.41, 5.74) is 4.90. The lowest BCUT2D eigenvalue weighted by Crippen LogP contribution is -2.33. The van der Waals surface area contributed by atoms with Crippen LogP contribution in [0.1, 0.15) is 86.3 Å². The van der Waals surface area contributed by atoms with E-state index < -0.39 is 0 Å². The van der Waals surface area contributed by atoms with Crippen LogP contribution in [0.4, 0.5) is 5.88 Å². The second-order valence-electron chi connectivity index (χ2n) is 13.0. The maximum atomic E-state index is 6.82. The fraction of sp³-hybridized carbons (Fsp3) is 0.462. The van der Waals surface area contributed by atoms with E-state index in [0.29, 0.717) is 17.9 Å². The maximum Gasteiger partial charge on any atom is 0.220 e. The molecule has 6 heteroatoms. The van der Waals surface area contributed by atoms with Crippen LogP contribution in [0.2, 0.25) is 5.02 Å². The van der Waals surface area contributed by atoms with Crippen molar-refractivity contribution < 1.29 is 4.42 Å². The van der Waals surface area contributed by atoms with Crippen LogP contribution < -0.4 is 4.90 Å². The van der Waals surface area contributed by atoms with Crippen molar-refractivity contribution in [3.05, 3.63) is 118 Å². The van der Waals surface area contributed by atoms with Crippen LogP contribution in [0.15, 0.2) is 89.3 Å². The number of anilines is 1. The Morgan fingerprint density at radius 2 is 1.40 bits per heavy atom. The van der Waals surface area contributed by atoms with E-state index in [1.54, 1.807) is 0 Å². The Kier molecular flexibility index (Phi) is 11.8. The third kappa shape index (κ3) is 8.58. The first-order valence-corrected chi connectivity index (χ1v) is 17.2. The van der Waals surface area contributed by atoms with E-state index in [1.165, 1.54) is 42.4 Å². The highest BCUT2D eigenvalue weighted by Crippen LogP contribution is 2.43. The predicted molar refractivity (Wildman–Crippen MR) is 188 cm³/mol. The minimum Gasteiger partial charge on any atom is -0.423 e. The van der Waals surface area contributed by atoms with E-state index >= 15 is 0 Å². The summed E-state index contributed by atoms with van der Waals surface area (Å²) in [6, 6.07) is 30.3. The number of benzene rings is 3. The number of oxazole rings is 1. The average Bonchev–Trinajstić information content (AvgIpc) is 3.47. The minimum absolute atomic E-state index is 0.163. The van der Waals surface area contributed by atoms with Gasteiger partial charge in [0.1, 0.15) is 5.69 Å². The smallest absolute Gasteiger partial charge is 0.220 e. The largest absolute Gasteiger partial charge is 0.423 e. The molecule has 1 aliphatic carbocycles. The van der Waals surface area contributed by atoms with Gasteiger partial charge in [-0.25, -0.2) is 4.98 Å². The molecule has 3 aromatic carbocycles. The molecule has 45 heavy (non-hydrogen) atoms. The molecule has 0 aliphatic heterocycles. The van der Waals surface area contributed by atoms with Gasteiger partial charge in [0, 0.05) is 31.1 Å². The van der Waals surface area contributed by atoms with Crippen molar-refractivity contribution in [2.24, 2.45) is 11.8 Å². The topological polar surface area (TPSA) is 35.8 Å². The number of rotatable bonds is 14. The zero-order valence-corrected chi connectivity index (χ0v) is 28.6. The minimum atomic E-state index is 0.163. The van der Waals surface area contributed by atoms with Gasteiger partial charge in [0.25, 0.3) is 0 Å². The molecule has 240 valence electrons. The highest BCUT2D eigenvalue weighted by molar-refractivity contribution is 6.30. The van der Waals surface area contributed by atoms with Crippen LogP contribution in [0.3, 0.4) is 0 Å². The van der Waals surface area contributed by atoms with Gasteiger partial charge >= 0.3 is 0 Å². The molecule has 1 heterocycles. The Morgan fingerprint density at radius 1 is 0.800 bits per heavy atom. The fourth-order valence-electron chi connectivity index (χ4n) is 7.41. The van der Waals surface area contributed by atoms with Gasteiger partial charge in [0.15, 0.2) is 0 Å². The van der Waals surface area contributed by atoms with Crippen molar-refractivity contribution in [3.8, 4) is 0 Å². The Morgan fingerprint density at radius 3 is 1.98 bits per heavy atom. The molecule has 0 spiro atoms. The molecule has 2 unspecified atom stereocenters. The van der Waals surface area contributed by atoms with Gasteiger partial charge in [0.05, 0.1) is 6.04 Å². The van der Waals surface area contributed by atoms with Crippen molar-refractivity contribution in [1.82, 2.24) is 14.8 Å². The number of nitrogens with zero attached hydrogens (tertiary/aromatic N) is 4. The van der Waals surface area contributed by atoms with Gasteiger partial charge in [-0.05, 0) is 87.1 Å². The van der Waals surface area contributed by atoms with E-state index in [-0.39, 0.29) is 6.04 Å². The lowest BCUT2D eigenvalue weighted by molar-refractivity contribution is 0.112. The van der Waals surface area contributed by atoms with Crippen LogP contribution in [0.25, 0.3) is 0 Å². The number of hydrogen-bond donors (Lipinski definition) is 0. The van der Waals surface area contributed by atoms with Crippen molar-refractivity contribution in [2.45, 2.75) is 71.0 Å². The third-order valence-corrected chi connectivity index (χ3v) is 9.97. The second-order valence-corrected chi connectivity index (χ2v) is 13.5. The summed E-state index contributed by atoms with van der Waals surface area (Å²) in [5, 5.41) is 0.801. The van der Waals surface area contributed by atoms with E-state index in [9.17, 15) is 0 Å². The number of aromatic nitrogens is 1. The standard InChI is InChI=1S/C39H51ClN4O/c1-6-44(7-2)36(27-30-18-20-32(21-19-30)37(42(3)4)33-22-24-34(40)25-23-33)38-41-35(26-29-14-10-8-11-15-29)39(45-38)43(5)28-31-16-12-9-13-17-31/h8-17,22-25,30,32,36-37H,6-7,18-21,26-28H2,1-5H3. The summed E-state index contributed by atoms with van der Waals surface area (Å²) in [4.78, 5) is 12.5. The Hall–Kier alpha value is -3.12. The third-order valence-electron chi connectivity index (χ3n) is 9.72. The van der Waals surface area contributed by atoms with Crippen LogP contribution in [-0.4, -0.2) is 49.0 Å². The normalized spacial score (nSPS) is 18.3. The van der Waals surface area contributed by atoms with Crippen molar-refractivity contribution in [3.63, 3.8) is 0 Å². The summed E-state index contributed by atoms with van der Waals surface area (Å²) in [6.07, 6.45) is 6.77. The van der Waals surface area contributed by atoms with Crippen LogP contribution in [-0.2, 0) is 13.0 Å². The Balaban J connectivity index is 1.36. The molecule has 1 aromatic heterocycles. The lowest BCUT2D eigenvalue weighted by Gasteiger charge is -2.39. The van der Waals surface area contributed by atoms with Crippen molar-refractivity contribution >= 4 is 17.5 Å². The molecular formula is C39H51ClN4O. The van der Waals surface area contributed by atoms with Gasteiger partial charge < -0.3 is 14.2 Å². The quantitative estimate of drug-likeness (QED) is 0.139. The first kappa shape index (κ1) is 33.2. The molecule has 5 rings (SSSR count). The van der Waals surface area contributed by atoms with Gasteiger partial charge in [-0.3, -0.25) is 4.90 Å². The zero-order valence-electron chi connectivity index (χ0n) is 27.8. The van der Waals surface area contributed by atoms with Gasteiger partial charge in [-0.1, -0.05) is 111 Å². The number of halogens is 1. The van der Waals surface area contributed by atoms with Gasteiger partial charge in [0.2, 0.25) is 11.8 Å². The lowest BCUT2D eigenvalue weighted by atomic mass is 9.74. The van der Waals surface area contributed by atoms with Crippen molar-refractivity contribution in [1.29, 1.82) is 0 Å². The molecule has 5 nitrogen and oxygen atoms in total. The molecule has 1 saturated carbocycles. The molecular weight excluding hydrogens is 576 g/mol. The molecule has 0 saturated heterocycles. The molecule has 1 fully saturated rings. The summed E-state index contributed by atoms with van der Waals surface area (Å²) < 4.78 is 6.82. The fourth-order valence-corrected chi connectivity index (χ4v) is 7.54. The van der Waals surface area contributed by atoms with Gasteiger partial charge in [-0.15, -0.1) is 0 Å². The molecule has 0 bridgehead atoms. The molecule has 0 radical (unpaired) electrons. The molecule has 1 aliphatic rings. The second kappa shape index (κ2) is 15.9. The molecule has 4 aromatic rings. The predicted octanol–water partition coefficient (Wildman–Crippen LogP) is 9.44. The highest BCUT2D eigenvalue weighted by Gasteiger charge is 2.34. The summed E-state index contributed by atoms with van der Waals surface area (Å²) in [6.45, 7) is 7.25.